The molecule has 0 unspecified atom stereocenters. The molecular formula is C13H13Cl2FN2. The average Bonchev–Trinajstić information content (AvgIpc) is 2.94. The summed E-state index contributed by atoms with van der Waals surface area (Å²) in [6.45, 7) is 2.17. The number of aryl methyl sites for hydroxylation is 1. The van der Waals surface area contributed by atoms with E-state index in [9.17, 15) is 4.39 Å². The molecule has 1 heterocycles. The maximum atomic E-state index is 13.6. The Kier molecular flexibility index (Phi) is 2.79. The molecule has 96 valence electrons. The Balaban J connectivity index is 2.27. The molecule has 3 rings (SSSR count). The Morgan fingerprint density at radius 2 is 2.17 bits per heavy atom. The van der Waals surface area contributed by atoms with Gasteiger partial charge in [0.25, 0.3) is 0 Å². The van der Waals surface area contributed by atoms with Crippen LogP contribution in [-0.2, 0) is 12.0 Å². The third-order valence-corrected chi connectivity index (χ3v) is 4.08. The van der Waals surface area contributed by atoms with Crippen LogP contribution in [0.3, 0.4) is 0 Å². The van der Waals surface area contributed by atoms with Crippen LogP contribution in [0.1, 0.15) is 25.6 Å². The van der Waals surface area contributed by atoms with Crippen LogP contribution in [0.25, 0.3) is 11.0 Å². The quantitative estimate of drug-likeness (QED) is 0.776. The molecule has 1 fully saturated rings. The van der Waals surface area contributed by atoms with Crippen molar-refractivity contribution in [3.8, 4) is 0 Å². The van der Waals surface area contributed by atoms with Gasteiger partial charge in [-0.2, -0.15) is 0 Å². The maximum absolute atomic E-state index is 13.6. The molecule has 0 amide bonds. The van der Waals surface area contributed by atoms with Crippen LogP contribution >= 0.6 is 23.2 Å². The minimum absolute atomic E-state index is 0.0659. The van der Waals surface area contributed by atoms with E-state index in [1.165, 1.54) is 6.07 Å². The van der Waals surface area contributed by atoms with Gasteiger partial charge in [0.2, 0.25) is 0 Å². The third-order valence-electron chi connectivity index (χ3n) is 3.60. The smallest absolute Gasteiger partial charge is 0.144 e. The van der Waals surface area contributed by atoms with Gasteiger partial charge in [-0.1, -0.05) is 11.6 Å². The molecule has 18 heavy (non-hydrogen) atoms. The molecule has 5 heteroatoms. The molecule has 0 spiro atoms. The zero-order valence-electron chi connectivity index (χ0n) is 10.0. The molecule has 0 N–H and O–H groups in total. The number of aromatic nitrogens is 2. The average molecular weight is 287 g/mol. The summed E-state index contributed by atoms with van der Waals surface area (Å²) in [6, 6.07) is 3.07. The molecule has 0 aliphatic heterocycles. The number of nitrogens with zero attached hydrogens (tertiary/aromatic N) is 2. The van der Waals surface area contributed by atoms with Gasteiger partial charge in [-0.3, -0.25) is 0 Å². The molecule has 2 aromatic rings. The molecule has 2 nitrogen and oxygen atoms in total. The normalized spacial score (nSPS) is 17.3. The highest BCUT2D eigenvalue weighted by Gasteiger charge is 2.41. The first-order valence-corrected chi connectivity index (χ1v) is 6.89. The second kappa shape index (κ2) is 4.10. The van der Waals surface area contributed by atoms with E-state index in [4.69, 9.17) is 23.2 Å². The topological polar surface area (TPSA) is 17.8 Å². The number of hydrogen-bond donors (Lipinski definition) is 0. The summed E-state index contributed by atoms with van der Waals surface area (Å²) in [5.41, 5.74) is 1.63. The zero-order valence-corrected chi connectivity index (χ0v) is 11.5. The Morgan fingerprint density at radius 1 is 1.44 bits per heavy atom. The number of benzene rings is 1. The molecular weight excluding hydrogens is 274 g/mol. The highest BCUT2D eigenvalue weighted by Crippen LogP contribution is 2.46. The fraction of sp³-hybridized carbons (Fsp3) is 0.462. The number of alkyl halides is 1. The Labute approximate surface area is 115 Å². The van der Waals surface area contributed by atoms with Gasteiger partial charge in [-0.25, -0.2) is 9.37 Å². The molecule has 1 saturated carbocycles. The summed E-state index contributed by atoms with van der Waals surface area (Å²) in [7, 11) is 0. The van der Waals surface area contributed by atoms with Gasteiger partial charge in [0.15, 0.2) is 0 Å². The van der Waals surface area contributed by atoms with Crippen molar-refractivity contribution in [1.29, 1.82) is 0 Å². The predicted octanol–water partition coefficient (Wildman–Crippen LogP) is 4.12. The van der Waals surface area contributed by atoms with Crippen LogP contribution in [0.2, 0.25) is 5.02 Å². The lowest BCUT2D eigenvalue weighted by Crippen LogP contribution is -2.16. The fourth-order valence-corrected chi connectivity index (χ4v) is 2.71. The lowest BCUT2D eigenvalue weighted by Gasteiger charge is -2.15. The summed E-state index contributed by atoms with van der Waals surface area (Å²) < 4.78 is 15.8. The van der Waals surface area contributed by atoms with Gasteiger partial charge in [-0.05, 0) is 25.8 Å². The number of hydrogen-bond acceptors (Lipinski definition) is 1. The summed E-state index contributed by atoms with van der Waals surface area (Å²) >= 11 is 11.6. The minimum atomic E-state index is -0.396. The Bertz CT molecular complexity index is 617. The summed E-state index contributed by atoms with van der Waals surface area (Å²) in [4.78, 5) is 4.54. The van der Waals surface area contributed by atoms with Gasteiger partial charge >= 0.3 is 0 Å². The molecule has 1 aromatic heterocycles. The second-order valence-electron chi connectivity index (χ2n) is 5.05. The first kappa shape index (κ1) is 12.2. The first-order chi connectivity index (χ1) is 8.55. The molecule has 1 aromatic carbocycles. The van der Waals surface area contributed by atoms with Crippen LogP contribution < -0.4 is 0 Å². The maximum Gasteiger partial charge on any atom is 0.144 e. The molecule has 0 atom stereocenters. The Hall–Kier alpha value is -0.800. The van der Waals surface area contributed by atoms with Crippen molar-refractivity contribution >= 4 is 34.2 Å². The Morgan fingerprint density at radius 3 is 2.78 bits per heavy atom. The van der Waals surface area contributed by atoms with Crippen molar-refractivity contribution in [3.05, 3.63) is 28.8 Å². The van der Waals surface area contributed by atoms with Gasteiger partial charge in [0.1, 0.15) is 11.6 Å². The first-order valence-electron chi connectivity index (χ1n) is 5.98. The van der Waals surface area contributed by atoms with Crippen LogP contribution in [0.5, 0.6) is 0 Å². The number of fused-ring (bicyclic) bond motifs is 1. The molecule has 0 saturated heterocycles. The van der Waals surface area contributed by atoms with Gasteiger partial charge in [-0.15, -0.1) is 11.6 Å². The summed E-state index contributed by atoms with van der Waals surface area (Å²) in [5.74, 6) is 1.03. The summed E-state index contributed by atoms with van der Waals surface area (Å²) in [6.07, 6.45) is 2.88. The van der Waals surface area contributed by atoms with Gasteiger partial charge in [0, 0.05) is 23.9 Å². The van der Waals surface area contributed by atoms with E-state index < -0.39 is 5.82 Å². The van der Waals surface area contributed by atoms with Crippen LogP contribution in [0, 0.1) is 5.82 Å². The van der Waals surface area contributed by atoms with E-state index in [-0.39, 0.29) is 10.6 Å². The van der Waals surface area contributed by atoms with E-state index in [1.807, 2.05) is 0 Å². The molecule has 1 aliphatic rings. The summed E-state index contributed by atoms with van der Waals surface area (Å²) in [5, 5.41) is 0.116. The van der Waals surface area contributed by atoms with Crippen molar-refractivity contribution in [3.63, 3.8) is 0 Å². The van der Waals surface area contributed by atoms with Crippen LogP contribution in [0.4, 0.5) is 4.39 Å². The van der Waals surface area contributed by atoms with Crippen molar-refractivity contribution in [2.24, 2.45) is 0 Å². The monoisotopic (exact) mass is 286 g/mol. The van der Waals surface area contributed by atoms with Crippen LogP contribution in [-0.4, -0.2) is 15.4 Å². The van der Waals surface area contributed by atoms with Crippen molar-refractivity contribution in [2.75, 3.05) is 5.88 Å². The highest BCUT2D eigenvalue weighted by atomic mass is 35.5. The van der Waals surface area contributed by atoms with E-state index in [2.05, 4.69) is 16.5 Å². The third kappa shape index (κ3) is 1.81. The van der Waals surface area contributed by atoms with Crippen molar-refractivity contribution < 1.29 is 4.39 Å². The number of imidazole rings is 1. The van der Waals surface area contributed by atoms with Crippen LogP contribution in [0.15, 0.2) is 12.1 Å². The highest BCUT2D eigenvalue weighted by molar-refractivity contribution is 6.31. The van der Waals surface area contributed by atoms with Crippen molar-refractivity contribution in [2.45, 2.75) is 31.7 Å². The predicted molar refractivity (Wildman–Crippen MR) is 72.0 cm³/mol. The SMILES string of the molecule is CC1(n2c(CCCl)nc3cc(Cl)c(F)cc32)CC1. The van der Waals surface area contributed by atoms with E-state index in [0.717, 1.165) is 29.7 Å². The van der Waals surface area contributed by atoms with Gasteiger partial charge in [0.05, 0.1) is 16.1 Å². The van der Waals surface area contributed by atoms with E-state index in [0.29, 0.717) is 12.3 Å². The molecule has 0 bridgehead atoms. The van der Waals surface area contributed by atoms with Crippen molar-refractivity contribution in [1.82, 2.24) is 9.55 Å². The molecule has 0 radical (unpaired) electrons. The minimum Gasteiger partial charge on any atom is -0.322 e. The zero-order chi connectivity index (χ0) is 12.9. The van der Waals surface area contributed by atoms with E-state index in [1.54, 1.807) is 6.07 Å². The lowest BCUT2D eigenvalue weighted by atomic mass is 10.2. The molecule has 1 aliphatic carbocycles. The largest absolute Gasteiger partial charge is 0.322 e. The van der Waals surface area contributed by atoms with Gasteiger partial charge < -0.3 is 4.57 Å². The van der Waals surface area contributed by atoms with E-state index >= 15 is 0 Å². The number of rotatable bonds is 3. The standard InChI is InChI=1S/C13H13Cl2FN2/c1-13(3-4-13)18-11-7-9(16)8(15)6-10(11)17-12(18)2-5-14/h6-7H,2-5H2,1H3. The number of halogens is 3. The fourth-order valence-electron chi connectivity index (χ4n) is 2.38. The second-order valence-corrected chi connectivity index (χ2v) is 5.84. The lowest BCUT2D eigenvalue weighted by molar-refractivity contribution is 0.524.